The van der Waals surface area contributed by atoms with Gasteiger partial charge in [-0.15, -0.1) is 0 Å². The molecule has 0 saturated heterocycles. The first-order valence-electron chi connectivity index (χ1n) is 6.32. The van der Waals surface area contributed by atoms with Gasteiger partial charge in [0.2, 0.25) is 5.91 Å². The predicted octanol–water partition coefficient (Wildman–Crippen LogP) is 1.61. The van der Waals surface area contributed by atoms with Gasteiger partial charge in [0.25, 0.3) is 0 Å². The van der Waals surface area contributed by atoms with Gasteiger partial charge in [-0.25, -0.2) is 8.78 Å². The minimum atomic E-state index is -0.897. The normalized spacial score (nSPS) is 10.4. The van der Waals surface area contributed by atoms with Crippen LogP contribution in [-0.2, 0) is 4.79 Å². The molecule has 1 aromatic rings. The summed E-state index contributed by atoms with van der Waals surface area (Å²) >= 11 is 0. The van der Waals surface area contributed by atoms with Crippen molar-refractivity contribution >= 4 is 11.7 Å². The molecule has 0 aliphatic carbocycles. The van der Waals surface area contributed by atoms with Gasteiger partial charge < -0.3 is 10.2 Å². The summed E-state index contributed by atoms with van der Waals surface area (Å²) in [5.74, 6) is -2.32. The molecule has 0 aliphatic heterocycles. The fourth-order valence-corrected chi connectivity index (χ4v) is 1.67. The van der Waals surface area contributed by atoms with E-state index in [4.69, 9.17) is 0 Å². The largest absolute Gasteiger partial charge is 0.344 e. The lowest BCUT2D eigenvalue weighted by Gasteiger charge is -2.16. The van der Waals surface area contributed by atoms with Crippen LogP contribution in [0.2, 0.25) is 0 Å². The van der Waals surface area contributed by atoms with Crippen LogP contribution in [0.25, 0.3) is 0 Å². The molecule has 0 fully saturated rings. The van der Waals surface area contributed by atoms with E-state index in [2.05, 4.69) is 5.32 Å². The van der Waals surface area contributed by atoms with Crippen LogP contribution in [0.15, 0.2) is 18.2 Å². The second-order valence-corrected chi connectivity index (χ2v) is 4.47. The van der Waals surface area contributed by atoms with Crippen LogP contribution >= 0.6 is 0 Å². The van der Waals surface area contributed by atoms with E-state index in [9.17, 15) is 18.4 Å². The zero-order valence-electron chi connectivity index (χ0n) is 11.6. The molecule has 0 radical (unpaired) electrons. The Morgan fingerprint density at radius 2 is 1.95 bits per heavy atom. The Hall–Kier alpha value is -1.82. The van der Waals surface area contributed by atoms with Crippen molar-refractivity contribution < 1.29 is 18.4 Å². The summed E-state index contributed by atoms with van der Waals surface area (Å²) in [6, 6.07) is 2.79. The third kappa shape index (κ3) is 4.70. The van der Waals surface area contributed by atoms with E-state index in [-0.39, 0.29) is 24.3 Å². The Morgan fingerprint density at radius 3 is 2.55 bits per heavy atom. The summed E-state index contributed by atoms with van der Waals surface area (Å²) < 4.78 is 26.1. The quantitative estimate of drug-likeness (QED) is 0.774. The molecule has 0 aromatic heterocycles. The van der Waals surface area contributed by atoms with Crippen LogP contribution in [0.1, 0.15) is 23.2 Å². The summed E-state index contributed by atoms with van der Waals surface area (Å²) in [4.78, 5) is 25.0. The van der Waals surface area contributed by atoms with Crippen molar-refractivity contribution in [2.75, 3.05) is 27.2 Å². The van der Waals surface area contributed by atoms with Crippen molar-refractivity contribution in [2.24, 2.45) is 0 Å². The van der Waals surface area contributed by atoms with Gasteiger partial charge in [0.1, 0.15) is 11.6 Å². The molecule has 1 amide bonds. The molecule has 0 unspecified atom stereocenters. The number of hydrogen-bond donors (Lipinski definition) is 1. The van der Waals surface area contributed by atoms with Crippen molar-refractivity contribution in [2.45, 2.75) is 12.8 Å². The predicted molar refractivity (Wildman–Crippen MR) is 71.5 cm³/mol. The number of halogens is 2. The number of ketones is 1. The van der Waals surface area contributed by atoms with Gasteiger partial charge in [-0.1, -0.05) is 0 Å². The second kappa shape index (κ2) is 7.69. The summed E-state index contributed by atoms with van der Waals surface area (Å²) in [5, 5.41) is 2.91. The second-order valence-electron chi connectivity index (χ2n) is 4.47. The number of hydrogen-bond acceptors (Lipinski definition) is 3. The molecule has 1 rings (SSSR count). The number of carbonyl (C=O) groups is 2. The monoisotopic (exact) mass is 284 g/mol. The first-order valence-corrected chi connectivity index (χ1v) is 6.32. The van der Waals surface area contributed by atoms with Crippen LogP contribution in [0.5, 0.6) is 0 Å². The maximum absolute atomic E-state index is 13.4. The summed E-state index contributed by atoms with van der Waals surface area (Å²) in [6.07, 6.45) is -0.0822. The van der Waals surface area contributed by atoms with Crippen molar-refractivity contribution in [3.63, 3.8) is 0 Å². The van der Waals surface area contributed by atoms with Crippen molar-refractivity contribution in [3.8, 4) is 0 Å². The number of likely N-dealkylation sites (N-methyl/N-ethyl adjacent to an activating group) is 2. The van der Waals surface area contributed by atoms with Gasteiger partial charge in [0.15, 0.2) is 5.78 Å². The van der Waals surface area contributed by atoms with Gasteiger partial charge >= 0.3 is 0 Å². The van der Waals surface area contributed by atoms with E-state index < -0.39 is 17.4 Å². The lowest BCUT2D eigenvalue weighted by atomic mass is 10.1. The third-order valence-corrected chi connectivity index (χ3v) is 2.92. The standard InChI is InChI=1S/C14H18F2N2O2/c1-17-7-8-18(2)14(20)6-5-13(19)11-4-3-10(15)9-12(11)16/h3-4,9,17H,5-8H2,1-2H3. The Bertz CT molecular complexity index is 492. The van der Waals surface area contributed by atoms with Crippen LogP contribution in [-0.4, -0.2) is 43.8 Å². The molecule has 1 N–H and O–H groups in total. The van der Waals surface area contributed by atoms with Gasteiger partial charge in [-0.05, 0) is 19.2 Å². The van der Waals surface area contributed by atoms with E-state index in [0.29, 0.717) is 19.2 Å². The third-order valence-electron chi connectivity index (χ3n) is 2.92. The van der Waals surface area contributed by atoms with E-state index in [1.54, 1.807) is 14.1 Å². The summed E-state index contributed by atoms with van der Waals surface area (Å²) in [5.41, 5.74) is -0.183. The average molecular weight is 284 g/mol. The molecule has 0 heterocycles. The fourth-order valence-electron chi connectivity index (χ4n) is 1.67. The van der Waals surface area contributed by atoms with Gasteiger partial charge in [0.05, 0.1) is 5.56 Å². The Kier molecular flexibility index (Phi) is 6.24. The molecule has 110 valence electrons. The van der Waals surface area contributed by atoms with E-state index >= 15 is 0 Å². The molecule has 1 aromatic carbocycles. The first-order chi connectivity index (χ1) is 9.45. The minimum absolute atomic E-state index is 0.00979. The molecule has 6 heteroatoms. The average Bonchev–Trinajstić information content (AvgIpc) is 2.41. The highest BCUT2D eigenvalue weighted by Gasteiger charge is 2.15. The summed E-state index contributed by atoms with van der Waals surface area (Å²) in [6.45, 7) is 1.19. The number of amides is 1. The van der Waals surface area contributed by atoms with E-state index in [1.165, 1.54) is 4.90 Å². The SMILES string of the molecule is CNCCN(C)C(=O)CCC(=O)c1ccc(F)cc1F. The molecular weight excluding hydrogens is 266 g/mol. The minimum Gasteiger partial charge on any atom is -0.344 e. The molecule has 0 spiro atoms. The molecule has 0 bridgehead atoms. The highest BCUT2D eigenvalue weighted by molar-refractivity contribution is 5.98. The molecule has 0 saturated carbocycles. The van der Waals surface area contributed by atoms with Crippen molar-refractivity contribution in [1.82, 2.24) is 10.2 Å². The molecule has 20 heavy (non-hydrogen) atoms. The maximum atomic E-state index is 13.4. The molecule has 0 atom stereocenters. The van der Waals surface area contributed by atoms with Crippen LogP contribution in [0.4, 0.5) is 8.78 Å². The van der Waals surface area contributed by atoms with Crippen molar-refractivity contribution in [3.05, 3.63) is 35.4 Å². The van der Waals surface area contributed by atoms with E-state index in [0.717, 1.165) is 12.1 Å². The first kappa shape index (κ1) is 16.2. The lowest BCUT2D eigenvalue weighted by Crippen LogP contribution is -2.32. The van der Waals surface area contributed by atoms with Crippen LogP contribution in [0.3, 0.4) is 0 Å². The number of nitrogens with one attached hydrogen (secondary N) is 1. The number of Topliss-reactive ketones (excluding diaryl/α,β-unsaturated/α-hetero) is 1. The lowest BCUT2D eigenvalue weighted by molar-refractivity contribution is -0.129. The highest BCUT2D eigenvalue weighted by Crippen LogP contribution is 2.13. The molecule has 4 nitrogen and oxygen atoms in total. The number of benzene rings is 1. The smallest absolute Gasteiger partial charge is 0.222 e. The van der Waals surface area contributed by atoms with Gasteiger partial charge in [-0.2, -0.15) is 0 Å². The number of carbonyl (C=O) groups excluding carboxylic acids is 2. The Labute approximate surface area is 116 Å². The number of rotatable bonds is 7. The molecular formula is C14H18F2N2O2. The summed E-state index contributed by atoms with van der Waals surface area (Å²) in [7, 11) is 3.42. The highest BCUT2D eigenvalue weighted by atomic mass is 19.1. The van der Waals surface area contributed by atoms with Crippen molar-refractivity contribution in [1.29, 1.82) is 0 Å². The Morgan fingerprint density at radius 1 is 1.25 bits per heavy atom. The fraction of sp³-hybridized carbons (Fsp3) is 0.429. The topological polar surface area (TPSA) is 49.4 Å². The van der Waals surface area contributed by atoms with Crippen LogP contribution in [0, 0.1) is 11.6 Å². The Balaban J connectivity index is 2.52. The van der Waals surface area contributed by atoms with Crippen LogP contribution < -0.4 is 5.32 Å². The number of nitrogens with zero attached hydrogens (tertiary/aromatic N) is 1. The zero-order valence-corrected chi connectivity index (χ0v) is 11.6. The van der Waals surface area contributed by atoms with Gasteiger partial charge in [0, 0.05) is 39.0 Å². The van der Waals surface area contributed by atoms with E-state index in [1.807, 2.05) is 0 Å². The zero-order chi connectivity index (χ0) is 15.1. The maximum Gasteiger partial charge on any atom is 0.222 e. The van der Waals surface area contributed by atoms with Gasteiger partial charge in [-0.3, -0.25) is 9.59 Å². The molecule has 0 aliphatic rings.